The number of rotatable bonds is 7. The molecule has 0 aliphatic carbocycles. The van der Waals surface area contributed by atoms with Crippen LogP contribution in [0.1, 0.15) is 37.4 Å². The SMILES string of the molecule is COC(=O)[C@H]1[C@H](n2cnc3c(NC(=O)c4ccccc4)ncnc32)O[C@@H]1CO[Si](C)(C)C(C)(C)C. The van der Waals surface area contributed by atoms with Crippen molar-refractivity contribution in [3.8, 4) is 0 Å². The summed E-state index contributed by atoms with van der Waals surface area (Å²) in [7, 11) is -0.664. The topological polar surface area (TPSA) is 117 Å². The summed E-state index contributed by atoms with van der Waals surface area (Å²) >= 11 is 0. The third kappa shape index (κ3) is 4.84. The van der Waals surface area contributed by atoms with Gasteiger partial charge in [0, 0.05) is 5.56 Å². The van der Waals surface area contributed by atoms with Crippen molar-refractivity contribution >= 4 is 37.2 Å². The van der Waals surface area contributed by atoms with Crippen molar-refractivity contribution in [2.45, 2.75) is 51.2 Å². The molecule has 1 aliphatic rings. The van der Waals surface area contributed by atoms with Gasteiger partial charge in [-0.15, -0.1) is 0 Å². The fraction of sp³-hybridized carbons (Fsp3) is 0.458. The van der Waals surface area contributed by atoms with Gasteiger partial charge in [-0.1, -0.05) is 39.0 Å². The second-order valence-electron chi connectivity index (χ2n) is 10.1. The first kappa shape index (κ1) is 25.0. The number of carbonyl (C=O) groups is 2. The lowest BCUT2D eigenvalue weighted by molar-refractivity contribution is -0.238. The van der Waals surface area contributed by atoms with Crippen LogP contribution in [0.25, 0.3) is 11.2 Å². The van der Waals surface area contributed by atoms with Gasteiger partial charge < -0.3 is 19.2 Å². The van der Waals surface area contributed by atoms with E-state index in [0.717, 1.165) is 0 Å². The minimum atomic E-state index is -2.02. The molecular weight excluding hydrogens is 466 g/mol. The fourth-order valence-corrected chi connectivity index (χ4v) is 4.65. The summed E-state index contributed by atoms with van der Waals surface area (Å²) < 4.78 is 19.1. The minimum absolute atomic E-state index is 0.0367. The smallest absolute Gasteiger partial charge is 0.316 e. The van der Waals surface area contributed by atoms with E-state index in [1.807, 2.05) is 6.07 Å². The maximum absolute atomic E-state index is 12.7. The van der Waals surface area contributed by atoms with E-state index in [9.17, 15) is 9.59 Å². The number of benzene rings is 1. The molecule has 2 aromatic heterocycles. The Morgan fingerprint density at radius 2 is 1.86 bits per heavy atom. The van der Waals surface area contributed by atoms with Gasteiger partial charge in [-0.3, -0.25) is 14.2 Å². The van der Waals surface area contributed by atoms with Gasteiger partial charge >= 0.3 is 5.97 Å². The van der Waals surface area contributed by atoms with Gasteiger partial charge in [-0.2, -0.15) is 0 Å². The predicted molar refractivity (Wildman–Crippen MR) is 132 cm³/mol. The third-order valence-electron chi connectivity index (χ3n) is 6.81. The van der Waals surface area contributed by atoms with Gasteiger partial charge in [0.15, 0.2) is 31.5 Å². The van der Waals surface area contributed by atoms with Crippen LogP contribution in [-0.4, -0.2) is 59.5 Å². The van der Waals surface area contributed by atoms with Crippen LogP contribution in [0, 0.1) is 5.92 Å². The highest BCUT2D eigenvalue weighted by molar-refractivity contribution is 6.74. The Morgan fingerprint density at radius 1 is 1.14 bits per heavy atom. The van der Waals surface area contributed by atoms with Crippen LogP contribution in [0.2, 0.25) is 18.1 Å². The molecule has 1 amide bonds. The van der Waals surface area contributed by atoms with E-state index in [4.69, 9.17) is 13.9 Å². The molecular formula is C24H31N5O5Si. The van der Waals surface area contributed by atoms with E-state index in [-0.39, 0.29) is 16.8 Å². The number of nitrogens with one attached hydrogen (secondary N) is 1. The monoisotopic (exact) mass is 497 g/mol. The molecule has 0 bridgehead atoms. The molecule has 0 unspecified atom stereocenters. The first-order valence-corrected chi connectivity index (χ1v) is 14.4. The summed E-state index contributed by atoms with van der Waals surface area (Å²) in [6, 6.07) is 8.82. The van der Waals surface area contributed by atoms with Crippen LogP contribution in [-0.2, 0) is 18.7 Å². The molecule has 4 rings (SSSR count). The summed E-state index contributed by atoms with van der Waals surface area (Å²) in [6.45, 7) is 11.1. The zero-order valence-electron chi connectivity index (χ0n) is 20.8. The van der Waals surface area contributed by atoms with Gasteiger partial charge in [0.1, 0.15) is 12.2 Å². The highest BCUT2D eigenvalue weighted by Crippen LogP contribution is 2.42. The summed E-state index contributed by atoms with van der Waals surface area (Å²) in [5.41, 5.74) is 1.33. The van der Waals surface area contributed by atoms with E-state index in [1.165, 1.54) is 19.8 Å². The molecule has 35 heavy (non-hydrogen) atoms. The number of fused-ring (bicyclic) bond motifs is 1. The number of carbonyl (C=O) groups excluding carboxylic acids is 2. The molecule has 3 heterocycles. The highest BCUT2D eigenvalue weighted by atomic mass is 28.4. The molecule has 1 aromatic carbocycles. The van der Waals surface area contributed by atoms with Crippen molar-refractivity contribution in [3.05, 3.63) is 48.5 Å². The molecule has 0 spiro atoms. The zero-order chi connectivity index (χ0) is 25.4. The van der Waals surface area contributed by atoms with Crippen LogP contribution in [0.5, 0.6) is 0 Å². The van der Waals surface area contributed by atoms with Crippen LogP contribution >= 0.6 is 0 Å². The quantitative estimate of drug-likeness (QED) is 0.387. The van der Waals surface area contributed by atoms with Crippen LogP contribution in [0.4, 0.5) is 5.82 Å². The maximum Gasteiger partial charge on any atom is 0.316 e. The number of hydrogen-bond acceptors (Lipinski definition) is 8. The zero-order valence-corrected chi connectivity index (χ0v) is 21.8. The average Bonchev–Trinajstić information content (AvgIpc) is 3.22. The van der Waals surface area contributed by atoms with Crippen molar-refractivity contribution < 1.29 is 23.5 Å². The van der Waals surface area contributed by atoms with Crippen molar-refractivity contribution in [2.24, 2.45) is 5.92 Å². The van der Waals surface area contributed by atoms with Gasteiger partial charge in [0.2, 0.25) is 0 Å². The van der Waals surface area contributed by atoms with E-state index >= 15 is 0 Å². The van der Waals surface area contributed by atoms with Crippen molar-refractivity contribution in [2.75, 3.05) is 19.0 Å². The van der Waals surface area contributed by atoms with Crippen LogP contribution in [0.15, 0.2) is 43.0 Å². The Hall–Kier alpha value is -3.15. The number of aromatic nitrogens is 4. The standard InChI is InChI=1S/C24H31N5O5Si/c1-24(2,3)35(5,6)33-12-16-17(23(31)32-4)22(34-16)29-14-27-18-19(25-13-26-20(18)29)28-21(30)15-10-8-7-9-11-15/h7-11,13-14,16-17,22H,12H2,1-6H3,(H,25,26,28,30)/t16-,17-,22-/m1/s1. The molecule has 1 saturated heterocycles. The van der Waals surface area contributed by atoms with E-state index < -0.39 is 32.5 Å². The Bertz CT molecular complexity index is 1220. The fourth-order valence-electron chi connectivity index (χ4n) is 3.63. The molecule has 1 N–H and O–H groups in total. The van der Waals surface area contributed by atoms with E-state index in [2.05, 4.69) is 54.1 Å². The van der Waals surface area contributed by atoms with Gasteiger partial charge in [0.25, 0.3) is 5.91 Å². The molecule has 0 saturated carbocycles. The van der Waals surface area contributed by atoms with Gasteiger partial charge in [-0.05, 0) is 30.3 Å². The Labute approximate surface area is 205 Å². The number of ether oxygens (including phenoxy) is 2. The number of esters is 1. The van der Waals surface area contributed by atoms with Crippen LogP contribution < -0.4 is 5.32 Å². The normalized spacial score (nSPS) is 20.3. The van der Waals surface area contributed by atoms with Gasteiger partial charge in [0.05, 0.1) is 26.1 Å². The highest BCUT2D eigenvalue weighted by Gasteiger charge is 2.51. The molecule has 0 radical (unpaired) electrons. The number of hydrogen-bond donors (Lipinski definition) is 1. The summed E-state index contributed by atoms with van der Waals surface area (Å²) in [4.78, 5) is 38.2. The lowest BCUT2D eigenvalue weighted by Crippen LogP contribution is -2.54. The molecule has 186 valence electrons. The third-order valence-corrected chi connectivity index (χ3v) is 11.3. The molecule has 1 fully saturated rings. The number of anilines is 1. The number of imidazole rings is 1. The average molecular weight is 498 g/mol. The van der Waals surface area contributed by atoms with Crippen LogP contribution in [0.3, 0.4) is 0 Å². The molecule has 1 aliphatic heterocycles. The predicted octanol–water partition coefficient (Wildman–Crippen LogP) is 3.79. The lowest BCUT2D eigenvalue weighted by atomic mass is 9.94. The Morgan fingerprint density at radius 3 is 2.51 bits per heavy atom. The Balaban J connectivity index is 1.55. The van der Waals surface area contributed by atoms with E-state index in [1.54, 1.807) is 28.8 Å². The summed E-state index contributed by atoms with van der Waals surface area (Å²) in [5.74, 6) is -1.01. The molecule has 3 atom stereocenters. The molecule has 11 heteroatoms. The summed E-state index contributed by atoms with van der Waals surface area (Å²) in [5, 5.41) is 2.82. The second-order valence-corrected chi connectivity index (χ2v) is 14.9. The summed E-state index contributed by atoms with van der Waals surface area (Å²) in [6.07, 6.45) is 1.76. The van der Waals surface area contributed by atoms with Crippen molar-refractivity contribution in [3.63, 3.8) is 0 Å². The maximum atomic E-state index is 12.7. The largest absolute Gasteiger partial charge is 0.469 e. The van der Waals surface area contributed by atoms with Crippen molar-refractivity contribution in [1.82, 2.24) is 19.5 Å². The molecule has 3 aromatic rings. The van der Waals surface area contributed by atoms with E-state index in [0.29, 0.717) is 23.3 Å². The Kier molecular flexibility index (Phi) is 6.76. The number of nitrogens with zero attached hydrogens (tertiary/aromatic N) is 4. The number of methoxy groups -OCH3 is 1. The second kappa shape index (κ2) is 9.48. The first-order chi connectivity index (χ1) is 16.5. The van der Waals surface area contributed by atoms with Gasteiger partial charge in [-0.25, -0.2) is 15.0 Å². The number of amides is 1. The first-order valence-electron chi connectivity index (χ1n) is 11.4. The minimum Gasteiger partial charge on any atom is -0.469 e. The lowest BCUT2D eigenvalue weighted by Gasteiger charge is -2.45. The molecule has 10 nitrogen and oxygen atoms in total. The van der Waals surface area contributed by atoms with Crippen molar-refractivity contribution in [1.29, 1.82) is 0 Å².